The van der Waals surface area contributed by atoms with Gasteiger partial charge in [0.05, 0.1) is 6.61 Å². The van der Waals surface area contributed by atoms with Gasteiger partial charge in [-0.15, -0.1) is 0 Å². The number of aromatic nitrogens is 1. The van der Waals surface area contributed by atoms with Crippen molar-refractivity contribution in [3.63, 3.8) is 0 Å². The molecule has 7 nitrogen and oxygen atoms in total. The van der Waals surface area contributed by atoms with Crippen LogP contribution in [0.1, 0.15) is 40.0 Å². The van der Waals surface area contributed by atoms with E-state index in [0.29, 0.717) is 22.9 Å². The lowest BCUT2D eigenvalue weighted by Gasteiger charge is -2.46. The highest BCUT2D eigenvalue weighted by molar-refractivity contribution is 8.13. The van der Waals surface area contributed by atoms with E-state index < -0.39 is 23.3 Å². The van der Waals surface area contributed by atoms with Crippen LogP contribution in [0.15, 0.2) is 64.2 Å². The molecule has 34 heavy (non-hydrogen) atoms. The van der Waals surface area contributed by atoms with Crippen molar-refractivity contribution in [2.24, 2.45) is 10.9 Å². The largest absolute Gasteiger partial charge is 0.445 e. The standard InChI is InChI=1S/C24H18F2N4O3S/c25-16-6-7-18(19(26)9-16)24-13-33-20(22-28-17(10-27)11-32-22)8-15(24)12-34-23(30-24)29-21(31)14-4-2-1-3-5-14/h1-7,9,11,15,20H,8,12-13H2,(H,29,30,31)/t15-,20+,24-/m0/s1. The van der Waals surface area contributed by atoms with Crippen molar-refractivity contribution in [3.05, 3.63) is 89.1 Å². The van der Waals surface area contributed by atoms with Crippen molar-refractivity contribution in [1.82, 2.24) is 10.3 Å². The Morgan fingerprint density at radius 1 is 1.24 bits per heavy atom. The molecule has 0 spiro atoms. The first-order valence-corrected chi connectivity index (χ1v) is 11.5. The van der Waals surface area contributed by atoms with Gasteiger partial charge in [0.15, 0.2) is 10.9 Å². The fourth-order valence-electron chi connectivity index (χ4n) is 4.27. The number of rotatable bonds is 3. The number of amides is 1. The third-order valence-electron chi connectivity index (χ3n) is 5.97. The molecule has 0 bridgehead atoms. The fraction of sp³-hybridized carbons (Fsp3) is 0.250. The summed E-state index contributed by atoms with van der Waals surface area (Å²) in [5.74, 6) is -1.23. The van der Waals surface area contributed by atoms with Gasteiger partial charge in [-0.05, 0) is 24.6 Å². The number of halogens is 2. The lowest BCUT2D eigenvalue weighted by molar-refractivity contribution is -0.0698. The van der Waals surface area contributed by atoms with Crippen LogP contribution in [0.4, 0.5) is 8.78 Å². The van der Waals surface area contributed by atoms with E-state index in [2.05, 4.69) is 10.3 Å². The van der Waals surface area contributed by atoms with Crippen molar-refractivity contribution in [2.45, 2.75) is 18.1 Å². The Hall–Kier alpha value is -3.55. The zero-order valence-corrected chi connectivity index (χ0v) is 18.5. The summed E-state index contributed by atoms with van der Waals surface area (Å²) in [6.45, 7) is -0.0412. The zero-order valence-electron chi connectivity index (χ0n) is 17.7. The second-order valence-corrected chi connectivity index (χ2v) is 9.02. The van der Waals surface area contributed by atoms with Crippen molar-refractivity contribution >= 4 is 22.8 Å². The molecule has 2 aliphatic heterocycles. The quantitative estimate of drug-likeness (QED) is 0.599. The number of thioether (sulfide) groups is 1. The summed E-state index contributed by atoms with van der Waals surface area (Å²) >= 11 is 1.34. The van der Waals surface area contributed by atoms with Gasteiger partial charge in [-0.3, -0.25) is 4.79 Å². The summed E-state index contributed by atoms with van der Waals surface area (Å²) in [7, 11) is 0. The third kappa shape index (κ3) is 4.08. The Balaban J connectivity index is 1.49. The van der Waals surface area contributed by atoms with Crippen LogP contribution >= 0.6 is 11.8 Å². The molecular weight excluding hydrogens is 462 g/mol. The maximum Gasteiger partial charge on any atom is 0.257 e. The normalized spacial score (nSPS) is 24.0. The number of amidine groups is 1. The molecule has 2 aromatic carbocycles. The molecule has 0 radical (unpaired) electrons. The summed E-state index contributed by atoms with van der Waals surface area (Å²) in [5.41, 5.74) is -0.382. The van der Waals surface area contributed by atoms with Gasteiger partial charge < -0.3 is 14.5 Å². The molecule has 0 saturated carbocycles. The van der Waals surface area contributed by atoms with E-state index >= 15 is 0 Å². The molecule has 172 valence electrons. The van der Waals surface area contributed by atoms with Crippen LogP contribution in [0, 0.1) is 28.9 Å². The molecule has 10 heteroatoms. The van der Waals surface area contributed by atoms with E-state index in [4.69, 9.17) is 19.4 Å². The summed E-state index contributed by atoms with van der Waals surface area (Å²) in [6, 6.07) is 14.0. The minimum absolute atomic E-state index is 0.0412. The molecule has 3 heterocycles. The van der Waals surface area contributed by atoms with E-state index in [1.54, 1.807) is 24.3 Å². The SMILES string of the molecule is N#Cc1coc([C@H]2C[C@H]3CSC(NC(=O)c4ccccc4)=N[C@@]3(c3ccc(F)cc3F)CO2)n1. The maximum atomic E-state index is 15.0. The molecule has 1 amide bonds. The smallest absolute Gasteiger partial charge is 0.257 e. The highest BCUT2D eigenvalue weighted by atomic mass is 32.2. The lowest BCUT2D eigenvalue weighted by Crippen LogP contribution is -2.49. The number of hydrogen-bond donors (Lipinski definition) is 1. The number of hydrogen-bond acceptors (Lipinski definition) is 7. The number of nitrogens with one attached hydrogen (secondary N) is 1. The Kier molecular flexibility index (Phi) is 5.89. The van der Waals surface area contributed by atoms with Crippen molar-refractivity contribution in [3.8, 4) is 6.07 Å². The molecule has 3 aromatic rings. The number of carbonyl (C=O) groups excluding carboxylic acids is 1. The van der Waals surface area contributed by atoms with Crippen molar-refractivity contribution in [2.75, 3.05) is 12.4 Å². The molecule has 3 atom stereocenters. The van der Waals surface area contributed by atoms with Crippen LogP contribution in [0.25, 0.3) is 0 Å². The van der Waals surface area contributed by atoms with Crippen molar-refractivity contribution in [1.29, 1.82) is 5.26 Å². The molecule has 1 aromatic heterocycles. The average Bonchev–Trinajstić information content (AvgIpc) is 3.33. The second kappa shape index (κ2) is 9.00. The molecule has 1 N–H and O–H groups in total. The fourth-order valence-corrected chi connectivity index (χ4v) is 5.43. The number of ether oxygens (including phenoxy) is 1. The Morgan fingerprint density at radius 2 is 2.06 bits per heavy atom. The van der Waals surface area contributed by atoms with Gasteiger partial charge in [0.25, 0.3) is 5.91 Å². The van der Waals surface area contributed by atoms with E-state index in [1.165, 1.54) is 30.2 Å². The Morgan fingerprint density at radius 3 is 2.79 bits per heavy atom. The monoisotopic (exact) mass is 480 g/mol. The average molecular weight is 480 g/mol. The minimum atomic E-state index is -1.18. The molecule has 5 rings (SSSR count). The first-order valence-electron chi connectivity index (χ1n) is 10.5. The lowest BCUT2D eigenvalue weighted by atomic mass is 9.75. The number of aliphatic imine (C=N–C) groups is 1. The first kappa shape index (κ1) is 22.3. The number of benzene rings is 2. The number of oxazole rings is 1. The predicted molar refractivity (Wildman–Crippen MR) is 120 cm³/mol. The first-order chi connectivity index (χ1) is 16.5. The summed E-state index contributed by atoms with van der Waals surface area (Å²) < 4.78 is 40.1. The minimum Gasteiger partial charge on any atom is -0.445 e. The summed E-state index contributed by atoms with van der Waals surface area (Å²) in [6.07, 6.45) is 1.10. The summed E-state index contributed by atoms with van der Waals surface area (Å²) in [5, 5.41) is 12.2. The van der Waals surface area contributed by atoms with Gasteiger partial charge in [-0.25, -0.2) is 18.8 Å². The van der Waals surface area contributed by atoms with E-state index in [0.717, 1.165) is 6.07 Å². The van der Waals surface area contributed by atoms with Gasteiger partial charge in [0.2, 0.25) is 5.89 Å². The van der Waals surface area contributed by atoms with Crippen LogP contribution in [0.3, 0.4) is 0 Å². The van der Waals surface area contributed by atoms with Gasteiger partial charge in [-0.1, -0.05) is 36.0 Å². The van der Waals surface area contributed by atoms with Crippen LogP contribution in [-0.4, -0.2) is 28.4 Å². The van der Waals surface area contributed by atoms with Gasteiger partial charge in [0.1, 0.15) is 35.6 Å². The molecule has 0 aliphatic carbocycles. The van der Waals surface area contributed by atoms with Gasteiger partial charge >= 0.3 is 0 Å². The second-order valence-electron chi connectivity index (χ2n) is 8.01. The molecular formula is C24H18F2N4O3S. The molecule has 0 unspecified atom stereocenters. The summed E-state index contributed by atoms with van der Waals surface area (Å²) in [4.78, 5) is 21.6. The number of fused-ring (bicyclic) bond motifs is 1. The maximum absolute atomic E-state index is 15.0. The van der Waals surface area contributed by atoms with Crippen LogP contribution in [0.5, 0.6) is 0 Å². The van der Waals surface area contributed by atoms with Gasteiger partial charge in [0, 0.05) is 28.9 Å². The topological polar surface area (TPSA) is 101 Å². The third-order valence-corrected chi connectivity index (χ3v) is 7.00. The highest BCUT2D eigenvalue weighted by Gasteiger charge is 2.50. The molecule has 1 saturated heterocycles. The van der Waals surface area contributed by atoms with Gasteiger partial charge in [-0.2, -0.15) is 5.26 Å². The zero-order chi connectivity index (χ0) is 23.7. The molecule has 1 fully saturated rings. The molecule has 2 aliphatic rings. The number of carbonyl (C=O) groups is 1. The van der Waals surface area contributed by atoms with E-state index in [-0.39, 0.29) is 35.6 Å². The Bertz CT molecular complexity index is 1310. The van der Waals surface area contributed by atoms with Crippen LogP contribution in [0.2, 0.25) is 0 Å². The van der Waals surface area contributed by atoms with Crippen LogP contribution in [-0.2, 0) is 10.3 Å². The number of nitrogens with zero attached hydrogens (tertiary/aromatic N) is 3. The Labute approximate surface area is 197 Å². The van der Waals surface area contributed by atoms with E-state index in [9.17, 15) is 13.6 Å². The van der Waals surface area contributed by atoms with E-state index in [1.807, 2.05) is 12.1 Å². The van der Waals surface area contributed by atoms with Crippen molar-refractivity contribution < 1.29 is 22.7 Å². The van der Waals surface area contributed by atoms with Crippen LogP contribution < -0.4 is 5.32 Å². The highest BCUT2D eigenvalue weighted by Crippen LogP contribution is 2.49. The predicted octanol–water partition coefficient (Wildman–Crippen LogP) is 4.33. The number of nitriles is 1.